The van der Waals surface area contributed by atoms with Gasteiger partial charge in [0, 0.05) is 0 Å². The molecule has 26 heavy (non-hydrogen) atoms. The summed E-state index contributed by atoms with van der Waals surface area (Å²) in [5.74, 6) is -1.79. The predicted octanol–water partition coefficient (Wildman–Crippen LogP) is 2.95. The molecule has 0 saturated carbocycles. The lowest BCUT2D eigenvalue weighted by Crippen LogP contribution is -2.30. The molecular formula is C18H15ClF2N2O3. The average molecular weight is 381 g/mol. The molecule has 5 nitrogen and oxygen atoms in total. The van der Waals surface area contributed by atoms with Crippen molar-refractivity contribution in [3.63, 3.8) is 0 Å². The maximum atomic E-state index is 14.0. The van der Waals surface area contributed by atoms with E-state index in [2.05, 4.69) is 4.99 Å². The normalized spacial score (nSPS) is 19.0. The summed E-state index contributed by atoms with van der Waals surface area (Å²) in [7, 11) is 0. The van der Waals surface area contributed by atoms with E-state index >= 15 is 0 Å². The van der Waals surface area contributed by atoms with E-state index < -0.39 is 35.3 Å². The summed E-state index contributed by atoms with van der Waals surface area (Å²) in [4.78, 5) is 15.7. The highest BCUT2D eigenvalue weighted by molar-refractivity contribution is 6.18. The van der Waals surface area contributed by atoms with Gasteiger partial charge in [-0.25, -0.2) is 13.8 Å². The highest BCUT2D eigenvalue weighted by Gasteiger charge is 2.38. The molecule has 0 aliphatic carbocycles. The smallest absolute Gasteiger partial charge is 0.246 e. The number of halogens is 3. The molecule has 1 aliphatic heterocycles. The van der Waals surface area contributed by atoms with Gasteiger partial charge < -0.3 is 15.2 Å². The van der Waals surface area contributed by atoms with Crippen LogP contribution in [0, 0.1) is 11.6 Å². The monoisotopic (exact) mass is 380 g/mol. The van der Waals surface area contributed by atoms with Gasteiger partial charge in [-0.3, -0.25) is 4.79 Å². The number of benzene rings is 2. The second-order valence-corrected chi connectivity index (χ2v) is 5.90. The van der Waals surface area contributed by atoms with Gasteiger partial charge >= 0.3 is 0 Å². The number of aliphatic imine (C=N–C) groups is 1. The number of hydrogen-bond donors (Lipinski definition) is 1. The number of carbonyl (C=O) groups is 1. The topological polar surface area (TPSA) is 73.9 Å². The molecule has 2 N–H and O–H groups in total. The zero-order chi connectivity index (χ0) is 18.7. The second-order valence-electron chi connectivity index (χ2n) is 5.52. The van der Waals surface area contributed by atoms with Crippen molar-refractivity contribution < 1.29 is 23.0 Å². The summed E-state index contributed by atoms with van der Waals surface area (Å²) in [5, 5.41) is 0. The molecule has 0 fully saturated rings. The lowest BCUT2D eigenvalue weighted by Gasteiger charge is -2.16. The van der Waals surface area contributed by atoms with Crippen molar-refractivity contribution in [2.24, 2.45) is 10.7 Å². The molecule has 1 amide bonds. The molecule has 2 aromatic rings. The summed E-state index contributed by atoms with van der Waals surface area (Å²) in [6.07, 6.45) is -0.886. The molecular weight excluding hydrogens is 366 g/mol. The Morgan fingerprint density at radius 2 is 1.85 bits per heavy atom. The predicted molar refractivity (Wildman–Crippen MR) is 92.4 cm³/mol. The van der Waals surface area contributed by atoms with Crippen molar-refractivity contribution in [1.29, 1.82) is 0 Å². The molecule has 2 unspecified atom stereocenters. The number of amides is 1. The summed E-state index contributed by atoms with van der Waals surface area (Å²) in [6, 6.07) is 8.97. The largest absolute Gasteiger partial charge is 0.492 e. The van der Waals surface area contributed by atoms with Crippen molar-refractivity contribution in [2.75, 3.05) is 12.5 Å². The number of alkyl halides is 1. The van der Waals surface area contributed by atoms with E-state index in [9.17, 15) is 13.6 Å². The highest BCUT2D eigenvalue weighted by atomic mass is 35.5. The molecule has 0 bridgehead atoms. The van der Waals surface area contributed by atoms with Crippen LogP contribution >= 0.6 is 11.6 Å². The van der Waals surface area contributed by atoms with E-state index in [1.54, 1.807) is 24.3 Å². The minimum Gasteiger partial charge on any atom is -0.492 e. The number of rotatable bonds is 6. The summed E-state index contributed by atoms with van der Waals surface area (Å²) < 4.78 is 38.9. The summed E-state index contributed by atoms with van der Waals surface area (Å²) in [5.41, 5.74) is 5.53. The fraction of sp³-hybridized carbons (Fsp3) is 0.222. The van der Waals surface area contributed by atoms with Crippen LogP contribution in [0.25, 0.3) is 0 Å². The molecule has 0 aromatic heterocycles. The Labute approximate surface area is 153 Å². The van der Waals surface area contributed by atoms with Gasteiger partial charge in [0.2, 0.25) is 11.8 Å². The molecule has 136 valence electrons. The fourth-order valence-corrected chi connectivity index (χ4v) is 2.69. The van der Waals surface area contributed by atoms with Crippen LogP contribution in [0.2, 0.25) is 0 Å². The lowest BCUT2D eigenvalue weighted by atomic mass is 10.0. The molecule has 1 aliphatic rings. The van der Waals surface area contributed by atoms with Gasteiger partial charge in [0.05, 0.1) is 5.88 Å². The van der Waals surface area contributed by atoms with Gasteiger partial charge in [0.25, 0.3) is 0 Å². The Balaban J connectivity index is 1.88. The number of ether oxygens (including phenoxy) is 2. The first kappa shape index (κ1) is 18.1. The van der Waals surface area contributed by atoms with E-state index in [-0.39, 0.29) is 5.90 Å². The number of primary amides is 1. The minimum absolute atomic E-state index is 0.295. The van der Waals surface area contributed by atoms with Crippen LogP contribution < -0.4 is 10.5 Å². The van der Waals surface area contributed by atoms with Crippen LogP contribution in [-0.2, 0) is 9.53 Å². The molecule has 2 atom stereocenters. The second kappa shape index (κ2) is 7.70. The molecule has 0 saturated heterocycles. The quantitative estimate of drug-likeness (QED) is 0.783. The third kappa shape index (κ3) is 3.62. The fourth-order valence-electron chi connectivity index (χ4n) is 2.61. The third-order valence-electron chi connectivity index (χ3n) is 3.80. The van der Waals surface area contributed by atoms with Gasteiger partial charge in [-0.1, -0.05) is 18.2 Å². The van der Waals surface area contributed by atoms with Crippen molar-refractivity contribution in [3.05, 3.63) is 65.2 Å². The van der Waals surface area contributed by atoms with Gasteiger partial charge in [-0.15, -0.1) is 11.6 Å². The Hall–Kier alpha value is -2.67. The van der Waals surface area contributed by atoms with Crippen LogP contribution in [0.5, 0.6) is 5.75 Å². The first-order valence-corrected chi connectivity index (χ1v) is 8.31. The molecule has 8 heteroatoms. The SMILES string of the molecule is NC(=O)C1N=C(c2c(F)cccc2F)OC1c1ccc(OCCCl)cc1. The van der Waals surface area contributed by atoms with Crippen molar-refractivity contribution in [3.8, 4) is 5.75 Å². The Morgan fingerprint density at radius 1 is 1.19 bits per heavy atom. The number of nitrogens with zero attached hydrogens (tertiary/aromatic N) is 1. The van der Waals surface area contributed by atoms with Crippen LogP contribution in [0.1, 0.15) is 17.2 Å². The zero-order valence-corrected chi connectivity index (χ0v) is 14.2. The number of carbonyl (C=O) groups excluding carboxylic acids is 1. The standard InChI is InChI=1S/C18H15ClF2N2O3/c19-8-9-25-11-6-4-10(5-7-11)16-15(17(22)24)23-18(26-16)14-12(20)2-1-3-13(14)21/h1-7,15-16H,8-9H2,(H2,22,24). The zero-order valence-electron chi connectivity index (χ0n) is 13.5. The lowest BCUT2D eigenvalue weighted by molar-refractivity contribution is -0.120. The van der Waals surface area contributed by atoms with Crippen LogP contribution in [0.15, 0.2) is 47.5 Å². The highest BCUT2D eigenvalue weighted by Crippen LogP contribution is 2.33. The molecule has 0 radical (unpaired) electrons. The van der Waals surface area contributed by atoms with Crippen LogP contribution in [-0.4, -0.2) is 30.3 Å². The molecule has 3 rings (SSSR count). The summed E-state index contributed by atoms with van der Waals surface area (Å²) in [6.45, 7) is 0.352. The first-order valence-electron chi connectivity index (χ1n) is 7.78. The van der Waals surface area contributed by atoms with Gasteiger partial charge in [0.1, 0.15) is 29.6 Å². The molecule has 0 spiro atoms. The van der Waals surface area contributed by atoms with Crippen molar-refractivity contribution >= 4 is 23.4 Å². The maximum absolute atomic E-state index is 14.0. The maximum Gasteiger partial charge on any atom is 0.246 e. The third-order valence-corrected chi connectivity index (χ3v) is 3.96. The van der Waals surface area contributed by atoms with Gasteiger partial charge in [-0.05, 0) is 29.8 Å². The Bertz CT molecular complexity index is 823. The van der Waals surface area contributed by atoms with Gasteiger partial charge in [0.15, 0.2) is 12.1 Å². The number of nitrogens with two attached hydrogens (primary N) is 1. The Kier molecular flexibility index (Phi) is 5.37. The molecule has 1 heterocycles. The van der Waals surface area contributed by atoms with Crippen LogP contribution in [0.3, 0.4) is 0 Å². The van der Waals surface area contributed by atoms with E-state index in [0.29, 0.717) is 23.8 Å². The van der Waals surface area contributed by atoms with E-state index in [1.807, 2.05) is 0 Å². The molecule has 2 aromatic carbocycles. The average Bonchev–Trinajstić information content (AvgIpc) is 3.05. The van der Waals surface area contributed by atoms with Crippen molar-refractivity contribution in [2.45, 2.75) is 12.1 Å². The summed E-state index contributed by atoms with van der Waals surface area (Å²) >= 11 is 5.57. The van der Waals surface area contributed by atoms with E-state index in [4.69, 9.17) is 26.8 Å². The van der Waals surface area contributed by atoms with E-state index in [1.165, 1.54) is 6.07 Å². The number of hydrogen-bond acceptors (Lipinski definition) is 4. The first-order chi connectivity index (χ1) is 12.5. The minimum atomic E-state index is -1.10. The van der Waals surface area contributed by atoms with Crippen molar-refractivity contribution in [1.82, 2.24) is 0 Å². The van der Waals surface area contributed by atoms with E-state index in [0.717, 1.165) is 12.1 Å². The van der Waals surface area contributed by atoms with Crippen LogP contribution in [0.4, 0.5) is 8.78 Å². The van der Waals surface area contributed by atoms with Gasteiger partial charge in [-0.2, -0.15) is 0 Å². The Morgan fingerprint density at radius 3 is 2.42 bits per heavy atom.